The molecule has 0 saturated carbocycles. The standard InChI is InChI=1S/C21H24N4O2S2/c1-4-25(14-16-10-6-5-7-11-16)19(26)15(2)28-21-24-23-20(29-21)22-17-12-8-9-13-18(17)27-3/h5-13,15H,4,14H2,1-3H3,(H,22,23). The fraction of sp³-hybridized carbons (Fsp3) is 0.286. The van der Waals surface area contributed by atoms with E-state index < -0.39 is 0 Å². The number of nitrogens with zero attached hydrogens (tertiary/aromatic N) is 3. The van der Waals surface area contributed by atoms with Gasteiger partial charge in [0.1, 0.15) is 5.75 Å². The van der Waals surface area contributed by atoms with Crippen molar-refractivity contribution in [2.75, 3.05) is 19.0 Å². The van der Waals surface area contributed by atoms with Crippen molar-refractivity contribution < 1.29 is 9.53 Å². The van der Waals surface area contributed by atoms with E-state index in [1.165, 1.54) is 23.1 Å². The van der Waals surface area contributed by atoms with E-state index in [0.29, 0.717) is 18.2 Å². The Bertz CT molecular complexity index is 933. The minimum absolute atomic E-state index is 0.0933. The Morgan fingerprint density at radius 1 is 1.17 bits per heavy atom. The quantitative estimate of drug-likeness (QED) is 0.493. The van der Waals surface area contributed by atoms with Gasteiger partial charge in [0, 0.05) is 13.1 Å². The highest BCUT2D eigenvalue weighted by Gasteiger charge is 2.22. The van der Waals surface area contributed by atoms with Crippen molar-refractivity contribution in [1.29, 1.82) is 0 Å². The van der Waals surface area contributed by atoms with Crippen LogP contribution in [-0.2, 0) is 11.3 Å². The number of benzene rings is 2. The molecule has 29 heavy (non-hydrogen) atoms. The monoisotopic (exact) mass is 428 g/mol. The Hall–Kier alpha value is -2.58. The molecule has 3 rings (SSSR count). The first kappa shape index (κ1) is 21.1. The van der Waals surface area contributed by atoms with Gasteiger partial charge in [0.05, 0.1) is 18.0 Å². The Balaban J connectivity index is 1.61. The Morgan fingerprint density at radius 2 is 1.90 bits per heavy atom. The molecule has 0 spiro atoms. The van der Waals surface area contributed by atoms with Crippen molar-refractivity contribution >= 4 is 39.8 Å². The van der Waals surface area contributed by atoms with Crippen LogP contribution in [0.2, 0.25) is 0 Å². The van der Waals surface area contributed by atoms with Gasteiger partial charge < -0.3 is 15.0 Å². The third-order valence-electron chi connectivity index (χ3n) is 4.29. The highest BCUT2D eigenvalue weighted by molar-refractivity contribution is 8.02. The summed E-state index contributed by atoms with van der Waals surface area (Å²) >= 11 is 2.85. The third kappa shape index (κ3) is 5.71. The van der Waals surface area contributed by atoms with Crippen molar-refractivity contribution in [3.8, 4) is 5.75 Å². The SMILES string of the molecule is CCN(Cc1ccccc1)C(=O)C(C)Sc1nnc(Nc2ccccc2OC)s1. The van der Waals surface area contributed by atoms with Crippen molar-refractivity contribution in [2.24, 2.45) is 0 Å². The average Bonchev–Trinajstić information content (AvgIpc) is 3.19. The van der Waals surface area contributed by atoms with E-state index in [1.54, 1.807) is 7.11 Å². The summed E-state index contributed by atoms with van der Waals surface area (Å²) in [6, 6.07) is 17.7. The molecule has 1 amide bonds. The molecule has 0 fully saturated rings. The molecule has 1 aromatic heterocycles. The lowest BCUT2D eigenvalue weighted by atomic mass is 10.2. The fourth-order valence-electron chi connectivity index (χ4n) is 2.78. The number of aromatic nitrogens is 2. The molecule has 1 heterocycles. The van der Waals surface area contributed by atoms with Crippen LogP contribution in [0.3, 0.4) is 0 Å². The average molecular weight is 429 g/mol. The first-order valence-electron chi connectivity index (χ1n) is 9.33. The van der Waals surface area contributed by atoms with Crippen molar-refractivity contribution in [3.05, 3.63) is 60.2 Å². The highest BCUT2D eigenvalue weighted by Crippen LogP contribution is 2.33. The second-order valence-electron chi connectivity index (χ2n) is 6.30. The molecule has 0 bridgehead atoms. The molecular weight excluding hydrogens is 404 g/mol. The van der Waals surface area contributed by atoms with Crippen LogP contribution in [-0.4, -0.2) is 39.9 Å². The Kier molecular flexibility index (Phi) is 7.48. The molecule has 0 aliphatic heterocycles. The van der Waals surface area contributed by atoms with Crippen LogP contribution in [0.4, 0.5) is 10.8 Å². The zero-order chi connectivity index (χ0) is 20.6. The molecule has 3 aromatic rings. The highest BCUT2D eigenvalue weighted by atomic mass is 32.2. The third-order valence-corrected chi connectivity index (χ3v) is 6.30. The van der Waals surface area contributed by atoms with Gasteiger partial charge in [-0.3, -0.25) is 4.79 Å². The van der Waals surface area contributed by atoms with Crippen LogP contribution in [0.25, 0.3) is 0 Å². The van der Waals surface area contributed by atoms with E-state index in [-0.39, 0.29) is 11.2 Å². The van der Waals surface area contributed by atoms with Gasteiger partial charge >= 0.3 is 0 Å². The van der Waals surface area contributed by atoms with Gasteiger partial charge in [-0.05, 0) is 31.5 Å². The smallest absolute Gasteiger partial charge is 0.236 e. The number of amides is 1. The number of hydrogen-bond donors (Lipinski definition) is 1. The second-order valence-corrected chi connectivity index (χ2v) is 8.86. The predicted octanol–water partition coefficient (Wildman–Crippen LogP) is 4.82. The molecule has 0 aliphatic rings. The van der Waals surface area contributed by atoms with E-state index in [4.69, 9.17) is 4.74 Å². The minimum Gasteiger partial charge on any atom is -0.495 e. The van der Waals surface area contributed by atoms with Gasteiger partial charge in [-0.1, -0.05) is 65.6 Å². The Morgan fingerprint density at radius 3 is 2.62 bits per heavy atom. The van der Waals surface area contributed by atoms with E-state index >= 15 is 0 Å². The number of methoxy groups -OCH3 is 1. The number of anilines is 2. The first-order chi connectivity index (χ1) is 14.1. The first-order valence-corrected chi connectivity index (χ1v) is 11.0. The molecule has 6 nitrogen and oxygen atoms in total. The van der Waals surface area contributed by atoms with Gasteiger partial charge in [-0.25, -0.2) is 0 Å². The summed E-state index contributed by atoms with van der Waals surface area (Å²) in [6.45, 7) is 5.18. The van der Waals surface area contributed by atoms with Crippen LogP contribution >= 0.6 is 23.1 Å². The normalized spacial score (nSPS) is 11.7. The zero-order valence-electron chi connectivity index (χ0n) is 16.7. The van der Waals surface area contributed by atoms with E-state index in [0.717, 1.165) is 21.3 Å². The maximum absolute atomic E-state index is 12.9. The van der Waals surface area contributed by atoms with Crippen LogP contribution in [0.15, 0.2) is 58.9 Å². The fourth-order valence-corrected chi connectivity index (χ4v) is 4.77. The lowest BCUT2D eigenvalue weighted by molar-refractivity contribution is -0.130. The summed E-state index contributed by atoms with van der Waals surface area (Å²) in [5.41, 5.74) is 1.95. The summed E-state index contributed by atoms with van der Waals surface area (Å²) in [5, 5.41) is 12.0. The molecule has 0 saturated heterocycles. The molecule has 1 atom stereocenters. The van der Waals surface area contributed by atoms with E-state index in [2.05, 4.69) is 15.5 Å². The molecule has 0 aliphatic carbocycles. The predicted molar refractivity (Wildman–Crippen MR) is 119 cm³/mol. The second kappa shape index (κ2) is 10.3. The molecule has 0 radical (unpaired) electrons. The molecular formula is C21H24N4O2S2. The number of carbonyl (C=O) groups excluding carboxylic acids is 1. The summed E-state index contributed by atoms with van der Waals surface area (Å²) in [5.74, 6) is 0.829. The topological polar surface area (TPSA) is 67.4 Å². The van der Waals surface area contributed by atoms with Crippen molar-refractivity contribution in [1.82, 2.24) is 15.1 Å². The van der Waals surface area contributed by atoms with Crippen LogP contribution in [0.1, 0.15) is 19.4 Å². The van der Waals surface area contributed by atoms with Gasteiger partial charge in [-0.15, -0.1) is 10.2 Å². The van der Waals surface area contributed by atoms with Gasteiger partial charge in [0.25, 0.3) is 0 Å². The number of hydrogen-bond acceptors (Lipinski definition) is 7. The molecule has 152 valence electrons. The lowest BCUT2D eigenvalue weighted by Crippen LogP contribution is -2.35. The number of ether oxygens (including phenoxy) is 1. The van der Waals surface area contributed by atoms with Gasteiger partial charge in [0.2, 0.25) is 11.0 Å². The van der Waals surface area contributed by atoms with Crippen molar-refractivity contribution in [2.45, 2.75) is 30.0 Å². The maximum atomic E-state index is 12.9. The van der Waals surface area contributed by atoms with Gasteiger partial charge in [-0.2, -0.15) is 0 Å². The molecule has 1 N–H and O–H groups in total. The zero-order valence-corrected chi connectivity index (χ0v) is 18.3. The summed E-state index contributed by atoms with van der Waals surface area (Å²) in [6.07, 6.45) is 0. The summed E-state index contributed by atoms with van der Waals surface area (Å²) in [4.78, 5) is 14.8. The lowest BCUT2D eigenvalue weighted by Gasteiger charge is -2.23. The number of nitrogens with one attached hydrogen (secondary N) is 1. The molecule has 2 aromatic carbocycles. The van der Waals surface area contributed by atoms with Crippen molar-refractivity contribution in [3.63, 3.8) is 0 Å². The van der Waals surface area contributed by atoms with Crippen LogP contribution in [0.5, 0.6) is 5.75 Å². The van der Waals surface area contributed by atoms with Gasteiger partial charge in [0.15, 0.2) is 4.34 Å². The van der Waals surface area contributed by atoms with E-state index in [1.807, 2.05) is 73.3 Å². The number of rotatable bonds is 9. The molecule has 1 unspecified atom stereocenters. The largest absolute Gasteiger partial charge is 0.495 e. The Labute approximate surface area is 179 Å². The van der Waals surface area contributed by atoms with Crippen LogP contribution in [0, 0.1) is 0 Å². The minimum atomic E-state index is -0.245. The molecule has 8 heteroatoms. The van der Waals surface area contributed by atoms with E-state index in [9.17, 15) is 4.79 Å². The number of para-hydroxylation sites is 2. The van der Waals surface area contributed by atoms with Crippen LogP contribution < -0.4 is 10.1 Å². The summed E-state index contributed by atoms with van der Waals surface area (Å²) in [7, 11) is 1.63. The number of thioether (sulfide) groups is 1. The summed E-state index contributed by atoms with van der Waals surface area (Å²) < 4.78 is 6.10. The maximum Gasteiger partial charge on any atom is 0.236 e. The number of carbonyl (C=O) groups is 1.